The molecule has 2 saturated heterocycles. The van der Waals surface area contributed by atoms with E-state index < -0.39 is 0 Å². The fourth-order valence-corrected chi connectivity index (χ4v) is 5.34. The summed E-state index contributed by atoms with van der Waals surface area (Å²) in [6.45, 7) is 7.07. The first-order chi connectivity index (χ1) is 13.9. The van der Waals surface area contributed by atoms with Gasteiger partial charge in [0.25, 0.3) is 0 Å². The molecule has 5 heteroatoms. The first kappa shape index (κ1) is 18.1. The molecular formula is C23H31N5. The molecule has 0 bridgehead atoms. The molecule has 1 aromatic carbocycles. The van der Waals surface area contributed by atoms with Crippen LogP contribution in [0.25, 0.3) is 0 Å². The minimum atomic E-state index is 0.731. The summed E-state index contributed by atoms with van der Waals surface area (Å²) in [7, 11) is 0. The van der Waals surface area contributed by atoms with Gasteiger partial charge in [-0.3, -0.25) is 9.80 Å². The van der Waals surface area contributed by atoms with E-state index in [4.69, 9.17) is 0 Å². The van der Waals surface area contributed by atoms with Crippen molar-refractivity contribution < 1.29 is 0 Å². The van der Waals surface area contributed by atoms with Gasteiger partial charge in [-0.2, -0.15) is 0 Å². The lowest BCUT2D eigenvalue weighted by Crippen LogP contribution is -2.56. The van der Waals surface area contributed by atoms with E-state index in [1.807, 2.05) is 18.5 Å². The SMILES string of the molecule is c1cnc(N2CCC(N3CCN([C@@H]4CCc5ccccc5C4)CC3)CC2)nc1. The maximum Gasteiger partial charge on any atom is 0.225 e. The van der Waals surface area contributed by atoms with Crippen molar-refractivity contribution in [3.63, 3.8) is 0 Å². The summed E-state index contributed by atoms with van der Waals surface area (Å²) in [5.74, 6) is 0.892. The number of fused-ring (bicyclic) bond motifs is 1. The van der Waals surface area contributed by atoms with E-state index in [2.05, 4.69) is 48.9 Å². The summed E-state index contributed by atoms with van der Waals surface area (Å²) in [5, 5.41) is 0. The molecule has 0 unspecified atom stereocenters. The third-order valence-electron chi connectivity index (χ3n) is 7.00. The number of nitrogens with zero attached hydrogens (tertiary/aromatic N) is 5. The molecule has 3 heterocycles. The molecule has 2 aromatic rings. The van der Waals surface area contributed by atoms with Gasteiger partial charge in [0.1, 0.15) is 0 Å². The minimum absolute atomic E-state index is 0.731. The summed E-state index contributed by atoms with van der Waals surface area (Å²) in [4.78, 5) is 16.7. The number of piperidine rings is 1. The van der Waals surface area contributed by atoms with E-state index in [1.165, 1.54) is 58.3 Å². The summed E-state index contributed by atoms with van der Waals surface area (Å²) in [6, 6.07) is 12.4. The number of hydrogen-bond acceptors (Lipinski definition) is 5. The summed E-state index contributed by atoms with van der Waals surface area (Å²) >= 11 is 0. The Morgan fingerprint density at radius 2 is 1.32 bits per heavy atom. The van der Waals surface area contributed by atoms with Crippen LogP contribution in [0.15, 0.2) is 42.7 Å². The molecule has 3 aliphatic rings. The first-order valence-corrected chi connectivity index (χ1v) is 10.9. The fraction of sp³-hybridized carbons (Fsp3) is 0.565. The van der Waals surface area contributed by atoms with E-state index in [1.54, 1.807) is 11.1 Å². The molecule has 0 spiro atoms. The molecule has 5 nitrogen and oxygen atoms in total. The van der Waals surface area contributed by atoms with Gasteiger partial charge in [0.2, 0.25) is 5.95 Å². The molecular weight excluding hydrogens is 346 g/mol. The summed E-state index contributed by atoms with van der Waals surface area (Å²) < 4.78 is 0. The number of aromatic nitrogens is 2. The third kappa shape index (κ3) is 3.78. The van der Waals surface area contributed by atoms with Gasteiger partial charge in [0.05, 0.1) is 0 Å². The van der Waals surface area contributed by atoms with Crippen LogP contribution >= 0.6 is 0 Å². The Labute approximate surface area is 168 Å². The lowest BCUT2D eigenvalue weighted by Gasteiger charge is -2.45. The smallest absolute Gasteiger partial charge is 0.225 e. The minimum Gasteiger partial charge on any atom is -0.341 e. The molecule has 1 aromatic heterocycles. The molecule has 148 valence electrons. The van der Waals surface area contributed by atoms with E-state index >= 15 is 0 Å². The quantitative estimate of drug-likeness (QED) is 0.822. The van der Waals surface area contributed by atoms with Crippen LogP contribution in [-0.2, 0) is 12.8 Å². The molecule has 5 rings (SSSR count). The molecule has 0 radical (unpaired) electrons. The molecule has 1 aliphatic carbocycles. The van der Waals surface area contributed by atoms with Crippen molar-refractivity contribution in [3.8, 4) is 0 Å². The van der Waals surface area contributed by atoms with Crippen LogP contribution in [0.3, 0.4) is 0 Å². The van der Waals surface area contributed by atoms with Gasteiger partial charge in [0.15, 0.2) is 0 Å². The second-order valence-corrected chi connectivity index (χ2v) is 8.50. The van der Waals surface area contributed by atoms with Gasteiger partial charge in [-0.15, -0.1) is 0 Å². The molecule has 28 heavy (non-hydrogen) atoms. The Morgan fingerprint density at radius 1 is 0.679 bits per heavy atom. The monoisotopic (exact) mass is 377 g/mol. The topological polar surface area (TPSA) is 35.5 Å². The van der Waals surface area contributed by atoms with Crippen LogP contribution < -0.4 is 4.90 Å². The Balaban J connectivity index is 1.11. The van der Waals surface area contributed by atoms with Gasteiger partial charge in [-0.25, -0.2) is 9.97 Å². The highest BCUT2D eigenvalue weighted by Crippen LogP contribution is 2.26. The van der Waals surface area contributed by atoms with Crippen molar-refractivity contribution in [1.82, 2.24) is 19.8 Å². The zero-order valence-electron chi connectivity index (χ0n) is 16.7. The first-order valence-electron chi connectivity index (χ1n) is 10.9. The number of aryl methyl sites for hydroxylation is 1. The highest BCUT2D eigenvalue weighted by atomic mass is 15.3. The normalized spacial score (nSPS) is 24.9. The third-order valence-corrected chi connectivity index (χ3v) is 7.00. The number of rotatable bonds is 3. The predicted molar refractivity (Wildman–Crippen MR) is 113 cm³/mol. The largest absolute Gasteiger partial charge is 0.341 e. The summed E-state index contributed by atoms with van der Waals surface area (Å²) in [5.41, 5.74) is 3.16. The van der Waals surface area contributed by atoms with Crippen LogP contribution in [-0.4, -0.2) is 71.1 Å². The van der Waals surface area contributed by atoms with Crippen molar-refractivity contribution in [2.45, 2.75) is 44.2 Å². The Bertz CT molecular complexity index is 764. The van der Waals surface area contributed by atoms with Crippen LogP contribution in [0.1, 0.15) is 30.4 Å². The Morgan fingerprint density at radius 3 is 2.04 bits per heavy atom. The number of piperazine rings is 1. The van der Waals surface area contributed by atoms with Gasteiger partial charge >= 0.3 is 0 Å². The second kappa shape index (κ2) is 8.18. The van der Waals surface area contributed by atoms with Gasteiger partial charge in [0, 0.05) is 63.7 Å². The molecule has 2 fully saturated rings. The van der Waals surface area contributed by atoms with E-state index in [0.717, 1.165) is 31.1 Å². The number of benzene rings is 1. The van der Waals surface area contributed by atoms with Gasteiger partial charge in [-0.05, 0) is 49.3 Å². The lowest BCUT2D eigenvalue weighted by atomic mass is 9.87. The van der Waals surface area contributed by atoms with Gasteiger partial charge < -0.3 is 4.90 Å². The number of anilines is 1. The lowest BCUT2D eigenvalue weighted by molar-refractivity contribution is 0.0567. The van der Waals surface area contributed by atoms with Gasteiger partial charge in [-0.1, -0.05) is 24.3 Å². The van der Waals surface area contributed by atoms with Crippen LogP contribution in [0.2, 0.25) is 0 Å². The molecule has 1 atom stereocenters. The van der Waals surface area contributed by atoms with Crippen LogP contribution in [0, 0.1) is 0 Å². The Kier molecular flexibility index (Phi) is 5.28. The van der Waals surface area contributed by atoms with E-state index in [9.17, 15) is 0 Å². The van der Waals surface area contributed by atoms with Crippen LogP contribution in [0.5, 0.6) is 0 Å². The van der Waals surface area contributed by atoms with Crippen molar-refractivity contribution in [1.29, 1.82) is 0 Å². The predicted octanol–water partition coefficient (Wildman–Crippen LogP) is 2.62. The Hall–Kier alpha value is -1.98. The van der Waals surface area contributed by atoms with Crippen molar-refractivity contribution >= 4 is 5.95 Å². The van der Waals surface area contributed by atoms with Crippen molar-refractivity contribution in [2.75, 3.05) is 44.2 Å². The second-order valence-electron chi connectivity index (χ2n) is 8.50. The molecule has 0 amide bonds. The average Bonchev–Trinajstić information content (AvgIpc) is 2.80. The zero-order valence-corrected chi connectivity index (χ0v) is 16.7. The standard InChI is InChI=1S/C23H31N5/c1-2-5-20-18-22(7-6-19(20)4-1)27-16-14-26(15-17-27)21-8-12-28(13-9-21)23-24-10-3-11-25-23/h1-5,10-11,21-22H,6-9,12-18H2/t22-/m1/s1. The van der Waals surface area contributed by atoms with E-state index in [0.29, 0.717) is 0 Å². The van der Waals surface area contributed by atoms with Crippen molar-refractivity contribution in [3.05, 3.63) is 53.9 Å². The highest BCUT2D eigenvalue weighted by molar-refractivity contribution is 5.31. The van der Waals surface area contributed by atoms with Crippen molar-refractivity contribution in [2.24, 2.45) is 0 Å². The summed E-state index contributed by atoms with van der Waals surface area (Å²) in [6.07, 6.45) is 9.97. The zero-order chi connectivity index (χ0) is 18.8. The fourth-order valence-electron chi connectivity index (χ4n) is 5.34. The average molecular weight is 378 g/mol. The highest BCUT2D eigenvalue weighted by Gasteiger charge is 2.31. The molecule has 2 aliphatic heterocycles. The van der Waals surface area contributed by atoms with E-state index in [-0.39, 0.29) is 0 Å². The number of hydrogen-bond donors (Lipinski definition) is 0. The van der Waals surface area contributed by atoms with Crippen LogP contribution in [0.4, 0.5) is 5.95 Å². The maximum absolute atomic E-state index is 4.41. The maximum atomic E-state index is 4.41. The molecule has 0 saturated carbocycles. The molecule has 0 N–H and O–H groups in total.